The molecule has 2 aromatic rings. The largest absolute Gasteiger partial charge is 0.497 e. The molecule has 1 fully saturated rings. The predicted molar refractivity (Wildman–Crippen MR) is 94.4 cm³/mol. The van der Waals surface area contributed by atoms with Crippen LogP contribution < -0.4 is 10.1 Å². The summed E-state index contributed by atoms with van der Waals surface area (Å²) in [5.41, 5.74) is 1.94. The summed E-state index contributed by atoms with van der Waals surface area (Å²) in [4.78, 5) is 14.2. The number of aryl methyl sites for hydroxylation is 1. The van der Waals surface area contributed by atoms with Gasteiger partial charge in [-0.1, -0.05) is 0 Å². The number of ether oxygens (including phenoxy) is 1. The molecular formula is C19H26N2O3. The van der Waals surface area contributed by atoms with Gasteiger partial charge in [-0.15, -0.1) is 0 Å². The zero-order valence-corrected chi connectivity index (χ0v) is 14.7. The van der Waals surface area contributed by atoms with E-state index >= 15 is 0 Å². The van der Waals surface area contributed by atoms with Crippen molar-refractivity contribution in [3.63, 3.8) is 0 Å². The molecule has 1 unspecified atom stereocenters. The maximum Gasteiger partial charge on any atom is 0.236 e. The Balaban J connectivity index is 1.68. The molecule has 0 bridgehead atoms. The van der Waals surface area contributed by atoms with E-state index in [2.05, 4.69) is 5.32 Å². The number of amides is 1. The van der Waals surface area contributed by atoms with Crippen molar-refractivity contribution in [2.24, 2.45) is 0 Å². The quantitative estimate of drug-likeness (QED) is 0.913. The molecule has 1 N–H and O–H groups in total. The van der Waals surface area contributed by atoms with Gasteiger partial charge < -0.3 is 14.1 Å². The summed E-state index contributed by atoms with van der Waals surface area (Å²) in [5.74, 6) is 1.88. The summed E-state index contributed by atoms with van der Waals surface area (Å²) in [5, 5.41) is 4.37. The Bertz CT molecular complexity index is 717. The van der Waals surface area contributed by atoms with Crippen LogP contribution in [-0.2, 0) is 4.79 Å². The average Bonchev–Trinajstić information content (AvgIpc) is 2.96. The van der Waals surface area contributed by atoms with Crippen LogP contribution in [0.1, 0.15) is 43.6 Å². The first-order chi connectivity index (χ1) is 11.6. The Hall–Kier alpha value is -2.01. The monoisotopic (exact) mass is 330 g/mol. The van der Waals surface area contributed by atoms with E-state index < -0.39 is 0 Å². The lowest BCUT2D eigenvalue weighted by Crippen LogP contribution is -2.41. The fourth-order valence-electron chi connectivity index (χ4n) is 3.35. The third-order valence-electron chi connectivity index (χ3n) is 4.84. The van der Waals surface area contributed by atoms with E-state index in [0.717, 1.165) is 54.0 Å². The molecule has 5 heteroatoms. The summed E-state index contributed by atoms with van der Waals surface area (Å²) in [6.45, 7) is 6.20. The van der Waals surface area contributed by atoms with Crippen molar-refractivity contribution >= 4 is 16.9 Å². The Morgan fingerprint density at radius 3 is 2.79 bits per heavy atom. The van der Waals surface area contributed by atoms with Gasteiger partial charge in [-0.25, -0.2) is 0 Å². The van der Waals surface area contributed by atoms with Crippen LogP contribution in [0, 0.1) is 6.92 Å². The van der Waals surface area contributed by atoms with Crippen LogP contribution in [-0.4, -0.2) is 37.6 Å². The van der Waals surface area contributed by atoms with Crippen molar-refractivity contribution in [3.8, 4) is 5.75 Å². The summed E-state index contributed by atoms with van der Waals surface area (Å²) in [7, 11) is 1.66. The van der Waals surface area contributed by atoms with Gasteiger partial charge in [0.15, 0.2) is 0 Å². The van der Waals surface area contributed by atoms with Crippen LogP contribution in [0.4, 0.5) is 0 Å². The van der Waals surface area contributed by atoms with Gasteiger partial charge in [-0.2, -0.15) is 0 Å². The molecule has 3 rings (SSSR count). The molecule has 1 aliphatic rings. The third-order valence-corrected chi connectivity index (χ3v) is 4.84. The highest BCUT2D eigenvalue weighted by molar-refractivity contribution is 5.83. The highest BCUT2D eigenvalue weighted by Gasteiger charge is 2.20. The molecule has 0 radical (unpaired) electrons. The first-order valence-corrected chi connectivity index (χ1v) is 8.68. The lowest BCUT2D eigenvalue weighted by atomic mass is 10.1. The summed E-state index contributed by atoms with van der Waals surface area (Å²) >= 11 is 0. The minimum Gasteiger partial charge on any atom is -0.497 e. The number of furan rings is 1. The fourth-order valence-corrected chi connectivity index (χ4v) is 3.35. The molecule has 5 nitrogen and oxygen atoms in total. The number of likely N-dealkylation sites (tertiary alicyclic amines) is 1. The molecular weight excluding hydrogens is 304 g/mol. The molecule has 130 valence electrons. The Morgan fingerprint density at radius 2 is 2.08 bits per heavy atom. The van der Waals surface area contributed by atoms with E-state index in [-0.39, 0.29) is 11.9 Å². The van der Waals surface area contributed by atoms with E-state index in [4.69, 9.17) is 9.15 Å². The molecule has 1 amide bonds. The number of benzene rings is 1. The van der Waals surface area contributed by atoms with Crippen molar-refractivity contribution in [3.05, 3.63) is 29.5 Å². The Morgan fingerprint density at radius 1 is 1.33 bits per heavy atom. The average molecular weight is 330 g/mol. The van der Waals surface area contributed by atoms with E-state index in [1.54, 1.807) is 7.11 Å². The second-order valence-corrected chi connectivity index (χ2v) is 6.50. The molecule has 0 aliphatic carbocycles. The summed E-state index contributed by atoms with van der Waals surface area (Å²) < 4.78 is 11.3. The van der Waals surface area contributed by atoms with Crippen LogP contribution in [0.15, 0.2) is 22.6 Å². The zero-order valence-electron chi connectivity index (χ0n) is 14.7. The van der Waals surface area contributed by atoms with Gasteiger partial charge in [0.25, 0.3) is 0 Å². The van der Waals surface area contributed by atoms with Gasteiger partial charge in [0, 0.05) is 24.0 Å². The number of hydrogen-bond acceptors (Lipinski definition) is 4. The number of fused-ring (bicyclic) bond motifs is 1. The number of nitrogens with one attached hydrogen (secondary N) is 1. The van der Waals surface area contributed by atoms with Gasteiger partial charge in [-0.3, -0.25) is 10.1 Å². The van der Waals surface area contributed by atoms with Crippen molar-refractivity contribution < 1.29 is 13.9 Å². The van der Waals surface area contributed by atoms with Crippen LogP contribution >= 0.6 is 0 Å². The van der Waals surface area contributed by atoms with Crippen molar-refractivity contribution in [2.75, 3.05) is 26.7 Å². The number of carbonyl (C=O) groups excluding carboxylic acids is 1. The molecule has 24 heavy (non-hydrogen) atoms. The molecule has 1 saturated heterocycles. The Labute approximate surface area is 143 Å². The van der Waals surface area contributed by atoms with Crippen molar-refractivity contribution in [1.82, 2.24) is 10.2 Å². The molecule has 2 heterocycles. The van der Waals surface area contributed by atoms with Gasteiger partial charge >= 0.3 is 0 Å². The SMILES string of the molecule is COc1ccc2oc(C(C)NCC(=O)N3CCCCC3)c(C)c2c1. The topological polar surface area (TPSA) is 54.7 Å². The predicted octanol–water partition coefficient (Wildman–Crippen LogP) is 3.41. The van der Waals surface area contributed by atoms with Gasteiger partial charge in [0.2, 0.25) is 5.91 Å². The second kappa shape index (κ2) is 7.26. The van der Waals surface area contributed by atoms with E-state index in [9.17, 15) is 4.79 Å². The first kappa shape index (κ1) is 16.8. The maximum absolute atomic E-state index is 12.3. The minimum atomic E-state index is -0.0165. The van der Waals surface area contributed by atoms with E-state index in [1.165, 1.54) is 6.42 Å². The minimum absolute atomic E-state index is 0.0165. The van der Waals surface area contributed by atoms with Crippen molar-refractivity contribution in [2.45, 2.75) is 39.2 Å². The van der Waals surface area contributed by atoms with Crippen LogP contribution in [0.3, 0.4) is 0 Å². The normalized spacial score (nSPS) is 16.4. The molecule has 0 saturated carbocycles. The zero-order chi connectivity index (χ0) is 17.1. The molecule has 1 aliphatic heterocycles. The summed E-state index contributed by atoms with van der Waals surface area (Å²) in [6.07, 6.45) is 3.47. The molecule has 0 spiro atoms. The first-order valence-electron chi connectivity index (χ1n) is 8.68. The highest BCUT2D eigenvalue weighted by Crippen LogP contribution is 2.31. The maximum atomic E-state index is 12.3. The van der Waals surface area contributed by atoms with E-state index in [0.29, 0.717) is 6.54 Å². The van der Waals surface area contributed by atoms with Crippen LogP contribution in [0.5, 0.6) is 5.75 Å². The molecule has 1 atom stereocenters. The molecule has 1 aromatic carbocycles. The number of piperidine rings is 1. The smallest absolute Gasteiger partial charge is 0.236 e. The standard InChI is InChI=1S/C19H26N2O3/c1-13-16-11-15(23-3)7-8-17(16)24-19(13)14(2)20-12-18(22)21-9-5-4-6-10-21/h7-8,11,14,20H,4-6,9-10,12H2,1-3H3. The number of hydrogen-bond donors (Lipinski definition) is 1. The lowest BCUT2D eigenvalue weighted by Gasteiger charge is -2.27. The number of nitrogens with zero attached hydrogens (tertiary/aromatic N) is 1. The van der Waals surface area contributed by atoms with Crippen LogP contribution in [0.25, 0.3) is 11.0 Å². The fraction of sp³-hybridized carbons (Fsp3) is 0.526. The van der Waals surface area contributed by atoms with Crippen molar-refractivity contribution in [1.29, 1.82) is 0 Å². The lowest BCUT2D eigenvalue weighted by molar-refractivity contribution is -0.131. The number of methoxy groups -OCH3 is 1. The van der Waals surface area contributed by atoms with E-state index in [1.807, 2.05) is 36.9 Å². The number of carbonyl (C=O) groups is 1. The van der Waals surface area contributed by atoms with Gasteiger partial charge in [0.05, 0.1) is 19.7 Å². The third kappa shape index (κ3) is 3.41. The number of rotatable bonds is 5. The summed E-state index contributed by atoms with van der Waals surface area (Å²) in [6, 6.07) is 5.80. The highest BCUT2D eigenvalue weighted by atomic mass is 16.5. The van der Waals surface area contributed by atoms with Crippen LogP contribution in [0.2, 0.25) is 0 Å². The van der Waals surface area contributed by atoms with Gasteiger partial charge in [0.1, 0.15) is 17.1 Å². The van der Waals surface area contributed by atoms with Gasteiger partial charge in [-0.05, 0) is 51.3 Å². The Kier molecular flexibility index (Phi) is 5.09. The second-order valence-electron chi connectivity index (χ2n) is 6.50. The molecule has 1 aromatic heterocycles.